The summed E-state index contributed by atoms with van der Waals surface area (Å²) in [4.78, 5) is 4.75. The average Bonchev–Trinajstić information content (AvgIpc) is 3.05. The predicted octanol–water partition coefficient (Wildman–Crippen LogP) is 4.35. The Kier molecular flexibility index (Phi) is 4.20. The number of pyridine rings is 1. The second-order valence-electron chi connectivity index (χ2n) is 5.39. The Morgan fingerprint density at radius 1 is 1.00 bits per heavy atom. The fraction of sp³-hybridized carbons (Fsp3) is 0.222. The number of nitrogens with zero attached hydrogens (tertiary/aromatic N) is 2. The van der Waals surface area contributed by atoms with Crippen molar-refractivity contribution in [1.82, 2.24) is 4.98 Å². The monoisotopic (exact) mass is 311 g/mol. The quantitative estimate of drug-likeness (QED) is 0.669. The zero-order valence-corrected chi connectivity index (χ0v) is 13.8. The minimum atomic E-state index is 0.472. The Morgan fingerprint density at radius 3 is 2.27 bits per heavy atom. The van der Waals surface area contributed by atoms with Crippen LogP contribution in [-0.2, 0) is 0 Å². The van der Waals surface area contributed by atoms with E-state index in [-0.39, 0.29) is 0 Å². The highest BCUT2D eigenvalue weighted by Gasteiger charge is 2.10. The molecule has 0 unspecified atom stereocenters. The van der Waals surface area contributed by atoms with Crippen molar-refractivity contribution in [1.29, 1.82) is 0 Å². The summed E-state index contributed by atoms with van der Waals surface area (Å²) >= 11 is 1.67. The first-order valence-electron chi connectivity index (χ1n) is 7.28. The Labute approximate surface area is 134 Å². The molecule has 0 fully saturated rings. The minimum Gasteiger partial charge on any atom is -0.497 e. The van der Waals surface area contributed by atoms with Crippen molar-refractivity contribution in [3.63, 3.8) is 0 Å². The first-order valence-corrected chi connectivity index (χ1v) is 8.16. The van der Waals surface area contributed by atoms with Crippen LogP contribution in [0.25, 0.3) is 21.8 Å². The van der Waals surface area contributed by atoms with Crippen molar-refractivity contribution in [2.75, 3.05) is 7.11 Å². The smallest absolute Gasteiger partial charge is 0.169 e. The molecule has 0 saturated carbocycles. The van der Waals surface area contributed by atoms with E-state index in [0.29, 0.717) is 6.04 Å². The molecule has 2 heterocycles. The standard InChI is InChI=1S/C18H19N2OS/c1-13(2)20-10-8-15(9-11-20)18-19-17(12-22-18)14-4-6-16(21-3)7-5-14/h4-13H,1-3H3/q+1. The van der Waals surface area contributed by atoms with Crippen molar-refractivity contribution in [3.8, 4) is 27.6 Å². The van der Waals surface area contributed by atoms with E-state index in [2.05, 4.69) is 48.3 Å². The summed E-state index contributed by atoms with van der Waals surface area (Å²) < 4.78 is 7.37. The molecule has 0 aliphatic heterocycles. The normalized spacial score (nSPS) is 10.9. The molecular weight excluding hydrogens is 292 g/mol. The second-order valence-corrected chi connectivity index (χ2v) is 6.25. The zero-order valence-electron chi connectivity index (χ0n) is 13.0. The van der Waals surface area contributed by atoms with Gasteiger partial charge in [-0.1, -0.05) is 0 Å². The maximum Gasteiger partial charge on any atom is 0.169 e. The highest BCUT2D eigenvalue weighted by atomic mass is 32.1. The molecule has 3 rings (SSSR count). The highest BCUT2D eigenvalue weighted by Crippen LogP contribution is 2.29. The number of hydrogen-bond acceptors (Lipinski definition) is 3. The summed E-state index contributed by atoms with van der Waals surface area (Å²) in [5, 5.41) is 3.14. The van der Waals surface area contributed by atoms with Gasteiger partial charge < -0.3 is 4.74 Å². The van der Waals surface area contributed by atoms with Crippen LogP contribution >= 0.6 is 11.3 Å². The first kappa shape index (κ1) is 14.7. The van der Waals surface area contributed by atoms with Gasteiger partial charge in [-0.25, -0.2) is 9.55 Å². The van der Waals surface area contributed by atoms with E-state index < -0.39 is 0 Å². The number of ether oxygens (including phenoxy) is 1. The molecule has 0 spiro atoms. The van der Waals surface area contributed by atoms with Gasteiger partial charge in [0.25, 0.3) is 0 Å². The second kappa shape index (κ2) is 6.28. The van der Waals surface area contributed by atoms with Crippen LogP contribution in [0.5, 0.6) is 5.75 Å². The maximum atomic E-state index is 5.19. The largest absolute Gasteiger partial charge is 0.497 e. The SMILES string of the molecule is COc1ccc(-c2csc(-c3cc[n+](C(C)C)cc3)n2)cc1. The Balaban J connectivity index is 1.86. The topological polar surface area (TPSA) is 26.0 Å². The van der Waals surface area contributed by atoms with Crippen molar-refractivity contribution in [3.05, 3.63) is 54.2 Å². The van der Waals surface area contributed by atoms with Gasteiger partial charge in [0.05, 0.1) is 12.8 Å². The molecule has 0 saturated heterocycles. The van der Waals surface area contributed by atoms with Crippen molar-refractivity contribution >= 4 is 11.3 Å². The summed E-state index contributed by atoms with van der Waals surface area (Å²) in [5.41, 5.74) is 3.27. The van der Waals surface area contributed by atoms with E-state index in [9.17, 15) is 0 Å². The summed E-state index contributed by atoms with van der Waals surface area (Å²) in [5.74, 6) is 0.862. The molecule has 112 valence electrons. The van der Waals surface area contributed by atoms with Crippen molar-refractivity contribution < 1.29 is 9.30 Å². The van der Waals surface area contributed by atoms with Gasteiger partial charge >= 0.3 is 0 Å². The summed E-state index contributed by atoms with van der Waals surface area (Å²) in [6.45, 7) is 4.34. The fourth-order valence-corrected chi connectivity index (χ4v) is 3.06. The molecule has 1 aromatic carbocycles. The molecule has 22 heavy (non-hydrogen) atoms. The predicted molar refractivity (Wildman–Crippen MR) is 90.1 cm³/mol. The number of methoxy groups -OCH3 is 1. The van der Waals surface area contributed by atoms with Gasteiger partial charge in [-0.3, -0.25) is 0 Å². The van der Waals surface area contributed by atoms with E-state index in [1.165, 1.54) is 0 Å². The van der Waals surface area contributed by atoms with E-state index in [1.54, 1.807) is 18.4 Å². The number of benzene rings is 1. The molecule has 4 heteroatoms. The molecule has 2 aromatic heterocycles. The third-order valence-electron chi connectivity index (χ3n) is 3.59. The van der Waals surface area contributed by atoms with Crippen LogP contribution < -0.4 is 9.30 Å². The molecule has 0 N–H and O–H groups in total. The summed E-state index contributed by atoms with van der Waals surface area (Å²) in [7, 11) is 1.68. The number of aromatic nitrogens is 2. The molecule has 0 aliphatic rings. The van der Waals surface area contributed by atoms with E-state index >= 15 is 0 Å². The molecular formula is C18H19N2OS+. The number of hydrogen-bond donors (Lipinski definition) is 0. The number of thiazole rings is 1. The fourth-order valence-electron chi connectivity index (χ4n) is 2.23. The van der Waals surface area contributed by atoms with Crippen LogP contribution in [0.4, 0.5) is 0 Å². The lowest BCUT2D eigenvalue weighted by atomic mass is 10.2. The summed E-state index contributed by atoms with van der Waals surface area (Å²) in [6.07, 6.45) is 4.21. The van der Waals surface area contributed by atoms with Crippen LogP contribution in [0.3, 0.4) is 0 Å². The van der Waals surface area contributed by atoms with E-state index in [0.717, 1.165) is 27.6 Å². The van der Waals surface area contributed by atoms with Crippen LogP contribution in [0.1, 0.15) is 19.9 Å². The molecule has 0 atom stereocenters. The van der Waals surface area contributed by atoms with Gasteiger partial charge in [-0.15, -0.1) is 11.3 Å². The molecule has 0 bridgehead atoms. The first-order chi connectivity index (χ1) is 10.7. The van der Waals surface area contributed by atoms with Crippen LogP contribution in [-0.4, -0.2) is 12.1 Å². The lowest BCUT2D eigenvalue weighted by Crippen LogP contribution is -2.34. The van der Waals surface area contributed by atoms with Gasteiger partial charge in [0.1, 0.15) is 10.8 Å². The molecule has 0 aliphatic carbocycles. The van der Waals surface area contributed by atoms with Crippen molar-refractivity contribution in [2.45, 2.75) is 19.9 Å². The Bertz CT molecular complexity index is 746. The van der Waals surface area contributed by atoms with Crippen molar-refractivity contribution in [2.24, 2.45) is 0 Å². The van der Waals surface area contributed by atoms with E-state index in [4.69, 9.17) is 9.72 Å². The van der Waals surface area contributed by atoms with Gasteiger partial charge in [0, 0.05) is 28.6 Å². The average molecular weight is 311 g/mol. The minimum absolute atomic E-state index is 0.472. The molecule has 3 aromatic rings. The molecule has 3 nitrogen and oxygen atoms in total. The van der Waals surface area contributed by atoms with Crippen LogP contribution in [0.15, 0.2) is 54.2 Å². The lowest BCUT2D eigenvalue weighted by molar-refractivity contribution is -0.716. The zero-order chi connectivity index (χ0) is 15.5. The van der Waals surface area contributed by atoms with Crippen LogP contribution in [0, 0.1) is 0 Å². The van der Waals surface area contributed by atoms with Gasteiger partial charge in [-0.2, -0.15) is 0 Å². The maximum absolute atomic E-state index is 5.19. The number of rotatable bonds is 4. The molecule has 0 amide bonds. The van der Waals surface area contributed by atoms with Gasteiger partial charge in [0.2, 0.25) is 0 Å². The lowest BCUT2D eigenvalue weighted by Gasteiger charge is -2.01. The Morgan fingerprint density at radius 2 is 1.68 bits per heavy atom. The summed E-state index contributed by atoms with van der Waals surface area (Å²) in [6, 6.07) is 12.7. The van der Waals surface area contributed by atoms with Gasteiger partial charge in [-0.05, 0) is 38.1 Å². The third kappa shape index (κ3) is 3.02. The van der Waals surface area contributed by atoms with Gasteiger partial charge in [0.15, 0.2) is 18.4 Å². The Hall–Kier alpha value is -2.20. The molecule has 0 radical (unpaired) electrons. The van der Waals surface area contributed by atoms with E-state index in [1.807, 2.05) is 24.3 Å². The van der Waals surface area contributed by atoms with Crippen LogP contribution in [0.2, 0.25) is 0 Å². The third-order valence-corrected chi connectivity index (χ3v) is 4.48. The highest BCUT2D eigenvalue weighted by molar-refractivity contribution is 7.13.